The van der Waals surface area contributed by atoms with Gasteiger partial charge in [0.05, 0.1) is 6.20 Å². The van der Waals surface area contributed by atoms with Gasteiger partial charge in [0.25, 0.3) is 0 Å². The minimum atomic E-state index is 0.447. The third-order valence-electron chi connectivity index (χ3n) is 3.08. The molecule has 2 aromatic rings. The first-order valence-electron chi connectivity index (χ1n) is 7.16. The highest BCUT2D eigenvalue weighted by atomic mass is 35.5. The number of ether oxygens (including phenoxy) is 1. The number of nitrogens with one attached hydrogen (secondary N) is 1. The first-order valence-corrected chi connectivity index (χ1v) is 7.54. The SMILES string of the molecule is CC(C)CNCc1ccncc1OCc1ccccc1Cl. The molecular formula is C17H21ClN2O. The molecule has 0 saturated carbocycles. The molecule has 1 N–H and O–H groups in total. The molecular weight excluding hydrogens is 284 g/mol. The molecule has 0 amide bonds. The maximum absolute atomic E-state index is 6.14. The van der Waals surface area contributed by atoms with Gasteiger partial charge in [-0.25, -0.2) is 0 Å². The van der Waals surface area contributed by atoms with E-state index >= 15 is 0 Å². The molecule has 0 spiro atoms. The molecule has 1 aromatic carbocycles. The van der Waals surface area contributed by atoms with Gasteiger partial charge in [0, 0.05) is 28.9 Å². The molecule has 3 nitrogen and oxygen atoms in total. The highest BCUT2D eigenvalue weighted by Crippen LogP contribution is 2.21. The Morgan fingerprint density at radius 2 is 2.00 bits per heavy atom. The van der Waals surface area contributed by atoms with Crippen LogP contribution in [0.25, 0.3) is 0 Å². The molecule has 21 heavy (non-hydrogen) atoms. The summed E-state index contributed by atoms with van der Waals surface area (Å²) in [6.45, 7) is 6.58. The Morgan fingerprint density at radius 3 is 2.76 bits per heavy atom. The van der Waals surface area contributed by atoms with E-state index in [0.29, 0.717) is 12.5 Å². The zero-order valence-corrected chi connectivity index (χ0v) is 13.2. The van der Waals surface area contributed by atoms with Crippen molar-refractivity contribution in [1.29, 1.82) is 0 Å². The Kier molecular flexibility index (Phi) is 6.03. The Hall–Kier alpha value is -1.58. The molecule has 1 aromatic heterocycles. The van der Waals surface area contributed by atoms with E-state index in [1.165, 1.54) is 0 Å². The highest BCUT2D eigenvalue weighted by molar-refractivity contribution is 6.31. The highest BCUT2D eigenvalue weighted by Gasteiger charge is 2.06. The van der Waals surface area contributed by atoms with Crippen LogP contribution in [-0.2, 0) is 13.2 Å². The molecule has 0 atom stereocenters. The number of hydrogen-bond acceptors (Lipinski definition) is 3. The lowest BCUT2D eigenvalue weighted by atomic mass is 10.2. The van der Waals surface area contributed by atoms with Gasteiger partial charge in [0.2, 0.25) is 0 Å². The Morgan fingerprint density at radius 1 is 1.19 bits per heavy atom. The van der Waals surface area contributed by atoms with Gasteiger partial charge in [-0.1, -0.05) is 43.6 Å². The summed E-state index contributed by atoms with van der Waals surface area (Å²) in [5.74, 6) is 1.42. The third kappa shape index (κ3) is 5.03. The maximum Gasteiger partial charge on any atom is 0.142 e. The van der Waals surface area contributed by atoms with Gasteiger partial charge in [-0.2, -0.15) is 0 Å². The standard InChI is InChI=1S/C17H21ClN2O/c1-13(2)9-20-10-14-7-8-19-11-17(14)21-12-15-5-3-4-6-16(15)18/h3-8,11,13,20H,9-10,12H2,1-2H3. The molecule has 112 valence electrons. The predicted octanol–water partition coefficient (Wildman–Crippen LogP) is 4.06. The summed E-state index contributed by atoms with van der Waals surface area (Å²) in [6, 6.07) is 9.69. The summed E-state index contributed by atoms with van der Waals surface area (Å²) in [4.78, 5) is 4.14. The van der Waals surface area contributed by atoms with Crippen LogP contribution in [0, 0.1) is 5.92 Å². The lowest BCUT2D eigenvalue weighted by molar-refractivity contribution is 0.300. The first-order chi connectivity index (χ1) is 10.2. The number of hydrogen-bond donors (Lipinski definition) is 1. The summed E-state index contributed by atoms with van der Waals surface area (Å²) in [6.07, 6.45) is 3.54. The molecule has 0 bridgehead atoms. The lowest BCUT2D eigenvalue weighted by Crippen LogP contribution is -2.19. The van der Waals surface area contributed by atoms with Gasteiger partial charge in [-0.15, -0.1) is 0 Å². The molecule has 4 heteroatoms. The van der Waals surface area contributed by atoms with Crippen molar-refractivity contribution in [3.63, 3.8) is 0 Å². The topological polar surface area (TPSA) is 34.2 Å². The normalized spacial score (nSPS) is 10.9. The second kappa shape index (κ2) is 8.01. The summed E-state index contributed by atoms with van der Waals surface area (Å²) in [5.41, 5.74) is 2.09. The molecule has 0 fully saturated rings. The predicted molar refractivity (Wildman–Crippen MR) is 86.6 cm³/mol. The van der Waals surface area contributed by atoms with Crippen molar-refractivity contribution in [2.75, 3.05) is 6.54 Å². The fourth-order valence-electron chi connectivity index (χ4n) is 1.95. The van der Waals surface area contributed by atoms with Crippen molar-refractivity contribution in [3.05, 3.63) is 58.9 Å². The molecule has 0 unspecified atom stereocenters. The lowest BCUT2D eigenvalue weighted by Gasteiger charge is -2.13. The molecule has 0 radical (unpaired) electrons. The second-order valence-electron chi connectivity index (χ2n) is 5.39. The molecule has 0 aliphatic carbocycles. The van der Waals surface area contributed by atoms with Crippen molar-refractivity contribution in [3.8, 4) is 5.75 Å². The van der Waals surface area contributed by atoms with Gasteiger partial charge in [0.1, 0.15) is 12.4 Å². The zero-order valence-electron chi connectivity index (χ0n) is 12.5. The smallest absolute Gasteiger partial charge is 0.142 e. The number of halogens is 1. The zero-order chi connectivity index (χ0) is 15.1. The van der Waals surface area contributed by atoms with Gasteiger partial charge in [-0.05, 0) is 24.6 Å². The average molecular weight is 305 g/mol. The third-order valence-corrected chi connectivity index (χ3v) is 3.45. The Labute approximate surface area is 131 Å². The van der Waals surface area contributed by atoms with E-state index in [1.54, 1.807) is 12.4 Å². The van der Waals surface area contributed by atoms with Crippen LogP contribution in [0.5, 0.6) is 5.75 Å². The van der Waals surface area contributed by atoms with E-state index in [9.17, 15) is 0 Å². The van der Waals surface area contributed by atoms with Crippen LogP contribution >= 0.6 is 11.6 Å². The van der Waals surface area contributed by atoms with Crippen molar-refractivity contribution in [2.45, 2.75) is 27.0 Å². The number of nitrogens with zero attached hydrogens (tertiary/aromatic N) is 1. The summed E-state index contributed by atoms with van der Waals surface area (Å²) in [7, 11) is 0. The van der Waals surface area contributed by atoms with Crippen molar-refractivity contribution in [1.82, 2.24) is 10.3 Å². The van der Waals surface area contributed by atoms with Crippen LogP contribution in [0.2, 0.25) is 5.02 Å². The fourth-order valence-corrected chi connectivity index (χ4v) is 2.14. The average Bonchev–Trinajstić information content (AvgIpc) is 2.47. The Bertz CT molecular complexity index is 572. The minimum Gasteiger partial charge on any atom is -0.487 e. The van der Waals surface area contributed by atoms with Crippen LogP contribution in [0.15, 0.2) is 42.7 Å². The monoisotopic (exact) mass is 304 g/mol. The van der Waals surface area contributed by atoms with Crippen molar-refractivity contribution in [2.24, 2.45) is 5.92 Å². The second-order valence-corrected chi connectivity index (χ2v) is 5.80. The van der Waals surface area contributed by atoms with Crippen LogP contribution in [0.4, 0.5) is 0 Å². The van der Waals surface area contributed by atoms with Crippen LogP contribution < -0.4 is 10.1 Å². The largest absolute Gasteiger partial charge is 0.487 e. The maximum atomic E-state index is 6.14. The van der Waals surface area contributed by atoms with Crippen LogP contribution in [0.1, 0.15) is 25.0 Å². The quantitative estimate of drug-likeness (QED) is 0.837. The minimum absolute atomic E-state index is 0.447. The van der Waals surface area contributed by atoms with E-state index in [2.05, 4.69) is 24.1 Å². The molecule has 0 aliphatic heterocycles. The van der Waals surface area contributed by atoms with Crippen LogP contribution in [0.3, 0.4) is 0 Å². The van der Waals surface area contributed by atoms with Gasteiger partial charge in [0.15, 0.2) is 0 Å². The van der Waals surface area contributed by atoms with Crippen molar-refractivity contribution < 1.29 is 4.74 Å². The van der Waals surface area contributed by atoms with Gasteiger partial charge in [-0.3, -0.25) is 4.98 Å². The summed E-state index contributed by atoms with van der Waals surface area (Å²) < 4.78 is 5.87. The molecule has 0 aliphatic rings. The van der Waals surface area contributed by atoms with E-state index in [1.807, 2.05) is 30.3 Å². The summed E-state index contributed by atoms with van der Waals surface area (Å²) in [5, 5.41) is 4.14. The van der Waals surface area contributed by atoms with Crippen molar-refractivity contribution >= 4 is 11.6 Å². The number of benzene rings is 1. The van der Waals surface area contributed by atoms with E-state index in [-0.39, 0.29) is 0 Å². The van der Waals surface area contributed by atoms with Gasteiger partial charge >= 0.3 is 0 Å². The fraction of sp³-hybridized carbons (Fsp3) is 0.353. The molecule has 0 saturated heterocycles. The van der Waals surface area contributed by atoms with E-state index < -0.39 is 0 Å². The molecule has 1 heterocycles. The van der Waals surface area contributed by atoms with Crippen LogP contribution in [-0.4, -0.2) is 11.5 Å². The number of rotatable bonds is 7. The summed E-state index contributed by atoms with van der Waals surface area (Å²) >= 11 is 6.14. The Balaban J connectivity index is 1.98. The van der Waals surface area contributed by atoms with Gasteiger partial charge < -0.3 is 10.1 Å². The number of aromatic nitrogens is 1. The first kappa shape index (κ1) is 15.8. The van der Waals surface area contributed by atoms with E-state index in [0.717, 1.165) is 35.0 Å². The van der Waals surface area contributed by atoms with E-state index in [4.69, 9.17) is 16.3 Å². The number of pyridine rings is 1. The molecule has 2 rings (SSSR count).